The largest absolute Gasteiger partial charge is 0.344 e. The van der Waals surface area contributed by atoms with Crippen LogP contribution in [0.4, 0.5) is 5.69 Å². The molecule has 1 heterocycles. The zero-order valence-corrected chi connectivity index (χ0v) is 19.5. The third-order valence-corrected chi connectivity index (χ3v) is 6.18. The van der Waals surface area contributed by atoms with Gasteiger partial charge in [-0.1, -0.05) is 78.9 Å². The van der Waals surface area contributed by atoms with Gasteiger partial charge in [-0.25, -0.2) is 0 Å². The van der Waals surface area contributed by atoms with Crippen LogP contribution in [-0.4, -0.2) is 28.7 Å². The minimum atomic E-state index is -0.870. The molecule has 6 nitrogen and oxygen atoms in total. The van der Waals surface area contributed by atoms with Crippen molar-refractivity contribution in [1.29, 1.82) is 0 Å². The van der Waals surface area contributed by atoms with Crippen LogP contribution in [0.3, 0.4) is 0 Å². The van der Waals surface area contributed by atoms with Crippen LogP contribution < -0.4 is 10.6 Å². The summed E-state index contributed by atoms with van der Waals surface area (Å²) in [4.78, 5) is 41.0. The zero-order valence-electron chi connectivity index (χ0n) is 19.5. The van der Waals surface area contributed by atoms with Crippen LogP contribution in [0.25, 0.3) is 0 Å². The highest BCUT2D eigenvalue weighted by atomic mass is 16.2. The molecule has 1 fully saturated rings. The van der Waals surface area contributed by atoms with E-state index >= 15 is 0 Å². The zero-order chi connectivity index (χ0) is 24.1. The Hall–Kier alpha value is -3.93. The van der Waals surface area contributed by atoms with Gasteiger partial charge in [0.1, 0.15) is 12.1 Å². The molecule has 0 aromatic heterocycles. The van der Waals surface area contributed by atoms with E-state index in [1.54, 1.807) is 4.90 Å². The Labute approximate surface area is 200 Å². The SMILES string of the molecule is Cc1cccc(C)c1NC(=O)[C@H](c1ccccc1)N(Cc1ccccc1)C(=O)[C@H]1CCC(=O)N1. The van der Waals surface area contributed by atoms with Crippen molar-refractivity contribution in [2.24, 2.45) is 0 Å². The second-order valence-electron chi connectivity index (χ2n) is 8.68. The molecule has 2 N–H and O–H groups in total. The lowest BCUT2D eigenvalue weighted by atomic mass is 10.0. The molecule has 6 heteroatoms. The van der Waals surface area contributed by atoms with E-state index in [0.29, 0.717) is 18.4 Å². The molecular formula is C28H29N3O3. The standard InChI is InChI=1S/C28H29N3O3/c1-19-10-9-11-20(2)25(19)30-27(33)26(22-14-7-4-8-15-22)31(18-21-12-5-3-6-13-21)28(34)23-16-17-24(32)29-23/h3-15,23,26H,16-18H2,1-2H3,(H,29,32)(H,30,33)/t23-,26+/m1/s1. The van der Waals surface area contributed by atoms with Crippen LogP contribution in [0.5, 0.6) is 0 Å². The Kier molecular flexibility index (Phi) is 7.07. The molecule has 1 aliphatic rings. The quantitative estimate of drug-likeness (QED) is 0.558. The molecule has 1 saturated heterocycles. The fraction of sp³-hybridized carbons (Fsp3) is 0.250. The second kappa shape index (κ2) is 10.3. The van der Waals surface area contributed by atoms with Crippen LogP contribution in [0.15, 0.2) is 78.9 Å². The van der Waals surface area contributed by atoms with E-state index in [0.717, 1.165) is 22.4 Å². The van der Waals surface area contributed by atoms with E-state index in [1.807, 2.05) is 92.7 Å². The molecule has 0 saturated carbocycles. The number of para-hydroxylation sites is 1. The first-order chi connectivity index (χ1) is 16.4. The van der Waals surface area contributed by atoms with Gasteiger partial charge in [0.15, 0.2) is 0 Å². The second-order valence-corrected chi connectivity index (χ2v) is 8.68. The molecule has 0 spiro atoms. The summed E-state index contributed by atoms with van der Waals surface area (Å²) < 4.78 is 0. The first-order valence-corrected chi connectivity index (χ1v) is 11.5. The van der Waals surface area contributed by atoms with Crippen molar-refractivity contribution in [3.05, 3.63) is 101 Å². The number of amides is 3. The molecule has 2 atom stereocenters. The van der Waals surface area contributed by atoms with Crippen molar-refractivity contribution >= 4 is 23.4 Å². The molecule has 0 radical (unpaired) electrons. The van der Waals surface area contributed by atoms with Crippen LogP contribution in [0, 0.1) is 13.8 Å². The van der Waals surface area contributed by atoms with Crippen LogP contribution >= 0.6 is 0 Å². The average molecular weight is 456 g/mol. The minimum Gasteiger partial charge on any atom is -0.344 e. The Morgan fingerprint density at radius 3 is 2.15 bits per heavy atom. The van der Waals surface area contributed by atoms with Gasteiger partial charge in [0, 0.05) is 18.7 Å². The number of carbonyl (C=O) groups excluding carboxylic acids is 3. The number of anilines is 1. The first-order valence-electron chi connectivity index (χ1n) is 11.5. The molecule has 3 aromatic carbocycles. The molecule has 174 valence electrons. The lowest BCUT2D eigenvalue weighted by molar-refractivity contribution is -0.141. The Balaban J connectivity index is 1.75. The van der Waals surface area contributed by atoms with Crippen molar-refractivity contribution in [2.45, 2.75) is 45.3 Å². The van der Waals surface area contributed by atoms with E-state index < -0.39 is 12.1 Å². The molecule has 0 aliphatic carbocycles. The maximum absolute atomic E-state index is 13.8. The summed E-state index contributed by atoms with van der Waals surface area (Å²) in [7, 11) is 0. The third-order valence-electron chi connectivity index (χ3n) is 6.18. The number of rotatable bonds is 7. The highest BCUT2D eigenvalue weighted by molar-refractivity contribution is 6.00. The average Bonchev–Trinajstić information content (AvgIpc) is 3.28. The van der Waals surface area contributed by atoms with Gasteiger partial charge in [-0.05, 0) is 42.5 Å². The van der Waals surface area contributed by atoms with Crippen LogP contribution in [0.2, 0.25) is 0 Å². The monoisotopic (exact) mass is 455 g/mol. The number of aryl methyl sites for hydroxylation is 2. The van der Waals surface area contributed by atoms with Crippen molar-refractivity contribution in [3.8, 4) is 0 Å². The molecule has 4 rings (SSSR count). The Morgan fingerprint density at radius 1 is 0.941 bits per heavy atom. The molecular weight excluding hydrogens is 426 g/mol. The van der Waals surface area contributed by atoms with Gasteiger partial charge in [0.25, 0.3) is 5.91 Å². The summed E-state index contributed by atoms with van der Waals surface area (Å²) in [6.45, 7) is 4.13. The summed E-state index contributed by atoms with van der Waals surface area (Å²) in [5, 5.41) is 5.85. The summed E-state index contributed by atoms with van der Waals surface area (Å²) in [6, 6.07) is 23.2. The summed E-state index contributed by atoms with van der Waals surface area (Å²) in [5.41, 5.74) is 4.25. The van der Waals surface area contributed by atoms with Gasteiger partial charge >= 0.3 is 0 Å². The number of carbonyl (C=O) groups is 3. The van der Waals surface area contributed by atoms with E-state index in [-0.39, 0.29) is 24.3 Å². The molecule has 34 heavy (non-hydrogen) atoms. The van der Waals surface area contributed by atoms with Crippen molar-refractivity contribution in [1.82, 2.24) is 10.2 Å². The summed E-state index contributed by atoms with van der Waals surface area (Å²) in [6.07, 6.45) is 0.725. The Morgan fingerprint density at radius 2 is 1.56 bits per heavy atom. The van der Waals surface area contributed by atoms with Crippen molar-refractivity contribution in [2.75, 3.05) is 5.32 Å². The summed E-state index contributed by atoms with van der Waals surface area (Å²) >= 11 is 0. The molecule has 3 amide bonds. The molecule has 3 aromatic rings. The molecule has 1 aliphatic heterocycles. The fourth-order valence-corrected chi connectivity index (χ4v) is 4.39. The highest BCUT2D eigenvalue weighted by Gasteiger charge is 2.37. The van der Waals surface area contributed by atoms with E-state index in [9.17, 15) is 14.4 Å². The first kappa shape index (κ1) is 23.2. The number of hydrogen-bond acceptors (Lipinski definition) is 3. The van der Waals surface area contributed by atoms with Gasteiger partial charge in [0.05, 0.1) is 0 Å². The van der Waals surface area contributed by atoms with Crippen LogP contribution in [0.1, 0.15) is 41.1 Å². The van der Waals surface area contributed by atoms with Gasteiger partial charge in [-0.2, -0.15) is 0 Å². The molecule has 0 unspecified atom stereocenters. The highest BCUT2D eigenvalue weighted by Crippen LogP contribution is 2.29. The number of benzene rings is 3. The van der Waals surface area contributed by atoms with Gasteiger partial charge in [-0.3, -0.25) is 14.4 Å². The van der Waals surface area contributed by atoms with Crippen molar-refractivity contribution in [3.63, 3.8) is 0 Å². The number of nitrogens with one attached hydrogen (secondary N) is 2. The van der Waals surface area contributed by atoms with Crippen LogP contribution in [-0.2, 0) is 20.9 Å². The normalized spacial score (nSPS) is 15.9. The third kappa shape index (κ3) is 5.17. The Bertz CT molecular complexity index is 1160. The van der Waals surface area contributed by atoms with E-state index in [2.05, 4.69) is 10.6 Å². The number of nitrogens with zero attached hydrogens (tertiary/aromatic N) is 1. The predicted molar refractivity (Wildman–Crippen MR) is 132 cm³/mol. The lowest BCUT2D eigenvalue weighted by Crippen LogP contribution is -2.48. The summed E-state index contributed by atoms with van der Waals surface area (Å²) in [5.74, 6) is -0.702. The van der Waals surface area contributed by atoms with Crippen molar-refractivity contribution < 1.29 is 14.4 Å². The maximum Gasteiger partial charge on any atom is 0.251 e. The van der Waals surface area contributed by atoms with Gasteiger partial charge < -0.3 is 15.5 Å². The van der Waals surface area contributed by atoms with E-state index in [4.69, 9.17) is 0 Å². The minimum absolute atomic E-state index is 0.144. The number of hydrogen-bond donors (Lipinski definition) is 2. The fourth-order valence-electron chi connectivity index (χ4n) is 4.39. The maximum atomic E-state index is 13.8. The topological polar surface area (TPSA) is 78.5 Å². The smallest absolute Gasteiger partial charge is 0.251 e. The van der Waals surface area contributed by atoms with Gasteiger partial charge in [0.2, 0.25) is 11.8 Å². The van der Waals surface area contributed by atoms with E-state index in [1.165, 1.54) is 0 Å². The predicted octanol–water partition coefficient (Wildman–Crippen LogP) is 4.29. The molecule has 0 bridgehead atoms. The lowest BCUT2D eigenvalue weighted by Gasteiger charge is -2.33. The van der Waals surface area contributed by atoms with Gasteiger partial charge in [-0.15, -0.1) is 0 Å².